The number of piperidine rings is 1. The summed E-state index contributed by atoms with van der Waals surface area (Å²) >= 11 is 1.70. The highest BCUT2D eigenvalue weighted by atomic mass is 32.2. The van der Waals surface area contributed by atoms with Gasteiger partial charge in [0.1, 0.15) is 18.2 Å². The highest BCUT2D eigenvalue weighted by Gasteiger charge is 2.44. The highest BCUT2D eigenvalue weighted by Crippen LogP contribution is 2.41. The number of carbonyl (C=O) groups is 1. The predicted octanol–water partition coefficient (Wildman–Crippen LogP) is 5.42. The van der Waals surface area contributed by atoms with Gasteiger partial charge in [0.2, 0.25) is 5.75 Å². The van der Waals surface area contributed by atoms with Crippen molar-refractivity contribution >= 4 is 29.4 Å². The minimum Gasteiger partial charge on any atom is -0.489 e. The summed E-state index contributed by atoms with van der Waals surface area (Å²) in [7, 11) is 1.50. The fourth-order valence-corrected chi connectivity index (χ4v) is 5.74. The largest absolute Gasteiger partial charge is 0.489 e. The number of amides is 1. The molecule has 2 aliphatic heterocycles. The Bertz CT molecular complexity index is 1140. The zero-order valence-electron chi connectivity index (χ0n) is 22.2. The topological polar surface area (TPSA) is 95.0 Å². The maximum Gasteiger partial charge on any atom is 0.410 e. The summed E-state index contributed by atoms with van der Waals surface area (Å²) in [6.45, 7) is 7.27. The zero-order chi connectivity index (χ0) is 26.9. The summed E-state index contributed by atoms with van der Waals surface area (Å²) in [4.78, 5) is 24.1. The lowest BCUT2D eigenvalue weighted by Crippen LogP contribution is -2.61. The van der Waals surface area contributed by atoms with E-state index in [9.17, 15) is 9.18 Å². The second-order valence-electron chi connectivity index (χ2n) is 11.2. The van der Waals surface area contributed by atoms with Gasteiger partial charge in [-0.15, -0.1) is 11.8 Å². The lowest BCUT2D eigenvalue weighted by Gasteiger charge is -2.47. The van der Waals surface area contributed by atoms with Gasteiger partial charge in [0.25, 0.3) is 5.88 Å². The minimum absolute atomic E-state index is 0.113. The van der Waals surface area contributed by atoms with Crippen LogP contribution in [0.25, 0.3) is 0 Å². The van der Waals surface area contributed by atoms with Gasteiger partial charge >= 0.3 is 6.09 Å². The molecule has 3 fully saturated rings. The normalized spacial score (nSPS) is 23.1. The van der Waals surface area contributed by atoms with Crippen LogP contribution in [0.3, 0.4) is 0 Å². The number of morpholine rings is 1. The van der Waals surface area contributed by atoms with Crippen molar-refractivity contribution in [3.63, 3.8) is 0 Å². The molecule has 206 valence electrons. The third kappa shape index (κ3) is 6.43. The summed E-state index contributed by atoms with van der Waals surface area (Å²) in [6.07, 6.45) is 4.32. The Morgan fingerprint density at radius 1 is 1.21 bits per heavy atom. The first kappa shape index (κ1) is 26.8. The van der Waals surface area contributed by atoms with E-state index in [1.54, 1.807) is 22.7 Å². The molecule has 2 unspecified atom stereocenters. The summed E-state index contributed by atoms with van der Waals surface area (Å²) in [5.41, 5.74) is 0.181. The molecule has 3 aliphatic rings. The highest BCUT2D eigenvalue weighted by molar-refractivity contribution is 8.00. The van der Waals surface area contributed by atoms with Gasteiger partial charge in [-0.1, -0.05) is 20.8 Å². The first-order valence-corrected chi connectivity index (χ1v) is 13.9. The van der Waals surface area contributed by atoms with E-state index in [1.165, 1.54) is 32.3 Å². The van der Waals surface area contributed by atoms with Crippen LogP contribution in [0.15, 0.2) is 29.4 Å². The van der Waals surface area contributed by atoms with E-state index < -0.39 is 0 Å². The van der Waals surface area contributed by atoms with Gasteiger partial charge in [-0.2, -0.15) is 4.98 Å². The van der Waals surface area contributed by atoms with Crippen LogP contribution in [-0.4, -0.2) is 71.3 Å². The van der Waals surface area contributed by atoms with Crippen LogP contribution in [0.1, 0.15) is 46.5 Å². The predicted molar refractivity (Wildman–Crippen MR) is 142 cm³/mol. The fraction of sp³-hybridized carbons (Fsp3) is 0.593. The number of anilines is 2. The van der Waals surface area contributed by atoms with Gasteiger partial charge in [0.05, 0.1) is 44.7 Å². The monoisotopic (exact) mass is 546 g/mol. The molecule has 38 heavy (non-hydrogen) atoms. The molecule has 0 radical (unpaired) electrons. The number of hydrogen-bond donors (Lipinski definition) is 1. The molecule has 3 heterocycles. The van der Waals surface area contributed by atoms with Gasteiger partial charge in [-0.25, -0.2) is 14.2 Å². The van der Waals surface area contributed by atoms with Crippen LogP contribution in [-0.2, 0) is 9.47 Å². The Labute approximate surface area is 226 Å². The molecule has 2 atom stereocenters. The average Bonchev–Trinajstić information content (AvgIpc) is 3.67. The van der Waals surface area contributed by atoms with Gasteiger partial charge in [-0.05, 0) is 36.5 Å². The van der Waals surface area contributed by atoms with Crippen molar-refractivity contribution in [2.45, 2.75) is 74.8 Å². The number of benzene rings is 1. The summed E-state index contributed by atoms with van der Waals surface area (Å²) in [5.74, 6) is 0.499. The van der Waals surface area contributed by atoms with Crippen molar-refractivity contribution in [3.05, 3.63) is 30.3 Å². The smallest absolute Gasteiger partial charge is 0.410 e. The number of methoxy groups -OCH3 is 1. The van der Waals surface area contributed by atoms with Crippen LogP contribution >= 0.6 is 11.8 Å². The van der Waals surface area contributed by atoms with Crippen molar-refractivity contribution in [3.8, 4) is 11.6 Å². The van der Waals surface area contributed by atoms with Crippen LogP contribution in [0.5, 0.6) is 11.6 Å². The number of rotatable bonds is 8. The van der Waals surface area contributed by atoms with Crippen molar-refractivity contribution in [2.24, 2.45) is 5.41 Å². The molecule has 5 rings (SSSR count). The van der Waals surface area contributed by atoms with Crippen molar-refractivity contribution in [2.75, 3.05) is 32.2 Å². The number of nitrogens with zero attached hydrogens (tertiary/aromatic N) is 3. The van der Waals surface area contributed by atoms with Crippen molar-refractivity contribution in [1.29, 1.82) is 0 Å². The molecule has 1 amide bonds. The van der Waals surface area contributed by atoms with E-state index in [1.807, 2.05) is 26.8 Å². The molecule has 9 nitrogen and oxygen atoms in total. The zero-order valence-corrected chi connectivity index (χ0v) is 23.1. The Kier molecular flexibility index (Phi) is 7.85. The Morgan fingerprint density at radius 2 is 1.95 bits per heavy atom. The van der Waals surface area contributed by atoms with Crippen LogP contribution in [0.2, 0.25) is 0 Å². The van der Waals surface area contributed by atoms with E-state index in [2.05, 4.69) is 15.3 Å². The number of ether oxygens (including phenoxy) is 4. The molecule has 0 spiro atoms. The van der Waals surface area contributed by atoms with E-state index in [4.69, 9.17) is 18.9 Å². The maximum atomic E-state index is 14.8. The Hall–Kier alpha value is -2.79. The Morgan fingerprint density at radius 3 is 2.58 bits per heavy atom. The number of fused-ring (bicyclic) bond motifs is 2. The first-order chi connectivity index (χ1) is 18.2. The maximum absolute atomic E-state index is 14.8. The molecular weight excluding hydrogens is 511 g/mol. The first-order valence-electron chi connectivity index (χ1n) is 13.0. The molecule has 1 N–H and O–H groups in total. The molecule has 1 saturated carbocycles. The van der Waals surface area contributed by atoms with Gasteiger partial charge in [0, 0.05) is 23.0 Å². The molecule has 11 heteroatoms. The third-order valence-corrected chi connectivity index (χ3v) is 7.92. The lowest BCUT2D eigenvalue weighted by atomic mass is 9.92. The summed E-state index contributed by atoms with van der Waals surface area (Å²) < 4.78 is 38.0. The molecule has 1 aromatic carbocycles. The van der Waals surface area contributed by atoms with E-state index in [0.717, 1.165) is 4.90 Å². The van der Waals surface area contributed by atoms with Gasteiger partial charge in [0.15, 0.2) is 5.82 Å². The second kappa shape index (κ2) is 11.1. The number of carbonyl (C=O) groups excluding carboxylic acids is 1. The van der Waals surface area contributed by atoms with Crippen LogP contribution in [0, 0.1) is 11.2 Å². The SMILES string of the molecule is COc1c(Nc2ccc(SC3CC3)cc2F)ncnc1OC1CC2COCC(C1)N2C(=O)OCC(C)(C)C. The van der Waals surface area contributed by atoms with E-state index in [-0.39, 0.29) is 47.1 Å². The number of halogens is 1. The van der Waals surface area contributed by atoms with E-state index in [0.29, 0.717) is 49.4 Å². The van der Waals surface area contributed by atoms with Crippen molar-refractivity contribution < 1.29 is 28.1 Å². The standard InChI is InChI=1S/C27H35FN4O5S/c1-27(2,3)14-36-26(33)32-16-9-18(10-17(32)13-35-12-16)37-25-23(34-4)24(29-15-30-25)31-22-8-7-20(11-21(22)28)38-19-5-6-19/h7-8,11,15-19H,5-6,9-10,12-14H2,1-4H3,(H,29,30,31). The molecule has 2 aromatic rings. The number of aromatic nitrogens is 2. The molecule has 2 bridgehead atoms. The number of thioether (sulfide) groups is 1. The van der Waals surface area contributed by atoms with Crippen LogP contribution in [0.4, 0.5) is 20.7 Å². The van der Waals surface area contributed by atoms with E-state index >= 15 is 0 Å². The van der Waals surface area contributed by atoms with Crippen molar-refractivity contribution in [1.82, 2.24) is 14.9 Å². The molecule has 2 saturated heterocycles. The molecule has 1 aromatic heterocycles. The number of nitrogens with one attached hydrogen (secondary N) is 1. The average molecular weight is 547 g/mol. The summed E-state index contributed by atoms with van der Waals surface area (Å²) in [5, 5.41) is 3.62. The fourth-order valence-electron chi connectivity index (χ4n) is 4.66. The van der Waals surface area contributed by atoms with Gasteiger partial charge < -0.3 is 24.3 Å². The lowest BCUT2D eigenvalue weighted by molar-refractivity contribution is -0.0930. The molecular formula is C27H35FN4O5S. The molecule has 1 aliphatic carbocycles. The van der Waals surface area contributed by atoms with Gasteiger partial charge in [-0.3, -0.25) is 4.90 Å². The quantitative estimate of drug-likeness (QED) is 0.466. The second-order valence-corrected chi connectivity index (χ2v) is 12.6. The number of hydrogen-bond acceptors (Lipinski definition) is 9. The third-order valence-electron chi connectivity index (χ3n) is 6.59. The minimum atomic E-state index is -0.364. The summed E-state index contributed by atoms with van der Waals surface area (Å²) in [6, 6.07) is 4.83. The van der Waals surface area contributed by atoms with Crippen LogP contribution < -0.4 is 14.8 Å². The Balaban J connectivity index is 1.26.